The highest BCUT2D eigenvalue weighted by molar-refractivity contribution is 5.69. The van der Waals surface area contributed by atoms with Gasteiger partial charge in [0.25, 0.3) is 0 Å². The van der Waals surface area contributed by atoms with Gasteiger partial charge in [0, 0.05) is 12.2 Å². The number of benzene rings is 2. The van der Waals surface area contributed by atoms with Crippen LogP contribution in [0.25, 0.3) is 0 Å². The molecule has 2 aromatic rings. The number of para-hydroxylation sites is 1. The molecular weight excluding hydrogens is 238 g/mol. The monoisotopic (exact) mass is 257 g/mol. The van der Waals surface area contributed by atoms with Crippen molar-refractivity contribution in [2.24, 2.45) is 0 Å². The molecule has 2 rings (SSSR count). The van der Waals surface area contributed by atoms with Crippen molar-refractivity contribution in [1.29, 1.82) is 0 Å². The number of methoxy groups -OCH3 is 1. The Morgan fingerprint density at radius 1 is 1.05 bits per heavy atom. The van der Waals surface area contributed by atoms with Gasteiger partial charge in [-0.1, -0.05) is 18.2 Å². The standard InChI is InChI=1S/C15H19N3O/c1-19-15-5-3-2-4-11(15)8-9-18-12-6-7-13(16)14(17)10-12/h2-7,10,18H,8-9,16-17H2,1H3. The summed E-state index contributed by atoms with van der Waals surface area (Å²) in [4.78, 5) is 0. The average Bonchev–Trinajstić information content (AvgIpc) is 2.43. The Morgan fingerprint density at radius 3 is 2.58 bits per heavy atom. The van der Waals surface area contributed by atoms with Crippen molar-refractivity contribution in [1.82, 2.24) is 0 Å². The van der Waals surface area contributed by atoms with Gasteiger partial charge in [-0.2, -0.15) is 0 Å². The van der Waals surface area contributed by atoms with Crippen LogP contribution in [0, 0.1) is 0 Å². The molecule has 0 atom stereocenters. The fraction of sp³-hybridized carbons (Fsp3) is 0.200. The molecular formula is C15H19N3O. The van der Waals surface area contributed by atoms with Gasteiger partial charge in [-0.15, -0.1) is 0 Å². The van der Waals surface area contributed by atoms with Crippen molar-refractivity contribution in [2.75, 3.05) is 30.4 Å². The topological polar surface area (TPSA) is 73.3 Å². The molecule has 0 aliphatic heterocycles. The van der Waals surface area contributed by atoms with E-state index in [0.29, 0.717) is 11.4 Å². The maximum Gasteiger partial charge on any atom is 0.122 e. The van der Waals surface area contributed by atoms with Gasteiger partial charge in [-0.3, -0.25) is 0 Å². The number of nitrogens with two attached hydrogens (primary N) is 2. The quantitative estimate of drug-likeness (QED) is 0.720. The predicted octanol–water partition coefficient (Wildman–Crippen LogP) is 2.51. The van der Waals surface area contributed by atoms with Gasteiger partial charge in [0.05, 0.1) is 18.5 Å². The van der Waals surface area contributed by atoms with E-state index in [1.165, 1.54) is 5.56 Å². The molecule has 19 heavy (non-hydrogen) atoms. The van der Waals surface area contributed by atoms with Gasteiger partial charge >= 0.3 is 0 Å². The number of hydrogen-bond acceptors (Lipinski definition) is 4. The van der Waals surface area contributed by atoms with E-state index in [4.69, 9.17) is 16.2 Å². The molecule has 2 aromatic carbocycles. The largest absolute Gasteiger partial charge is 0.496 e. The molecule has 0 unspecified atom stereocenters. The second-order valence-corrected chi connectivity index (χ2v) is 4.33. The molecule has 0 fully saturated rings. The lowest BCUT2D eigenvalue weighted by Gasteiger charge is -2.10. The van der Waals surface area contributed by atoms with Crippen molar-refractivity contribution in [3.63, 3.8) is 0 Å². The molecule has 4 heteroatoms. The molecule has 0 saturated carbocycles. The van der Waals surface area contributed by atoms with Gasteiger partial charge in [-0.25, -0.2) is 0 Å². The van der Waals surface area contributed by atoms with Gasteiger partial charge < -0.3 is 21.5 Å². The summed E-state index contributed by atoms with van der Waals surface area (Å²) >= 11 is 0. The first kappa shape index (κ1) is 13.1. The van der Waals surface area contributed by atoms with Crippen molar-refractivity contribution < 1.29 is 4.74 Å². The highest BCUT2D eigenvalue weighted by atomic mass is 16.5. The van der Waals surface area contributed by atoms with Gasteiger partial charge in [0.15, 0.2) is 0 Å². The van der Waals surface area contributed by atoms with Crippen molar-refractivity contribution in [3.8, 4) is 5.75 Å². The summed E-state index contributed by atoms with van der Waals surface area (Å²) in [5.74, 6) is 0.918. The van der Waals surface area contributed by atoms with E-state index < -0.39 is 0 Å². The fourth-order valence-electron chi connectivity index (χ4n) is 1.94. The zero-order valence-electron chi connectivity index (χ0n) is 11.0. The second kappa shape index (κ2) is 6.00. The zero-order chi connectivity index (χ0) is 13.7. The van der Waals surface area contributed by atoms with Crippen LogP contribution < -0.4 is 21.5 Å². The molecule has 0 aliphatic carbocycles. The first-order valence-corrected chi connectivity index (χ1v) is 6.21. The predicted molar refractivity (Wildman–Crippen MR) is 80.5 cm³/mol. The molecule has 0 heterocycles. The number of anilines is 3. The molecule has 0 aromatic heterocycles. The molecule has 0 spiro atoms. The van der Waals surface area contributed by atoms with Crippen LogP contribution in [0.4, 0.5) is 17.1 Å². The zero-order valence-corrected chi connectivity index (χ0v) is 11.0. The molecule has 5 N–H and O–H groups in total. The molecule has 100 valence electrons. The van der Waals surface area contributed by atoms with E-state index in [1.54, 1.807) is 13.2 Å². The Hall–Kier alpha value is -2.36. The van der Waals surface area contributed by atoms with Crippen LogP contribution >= 0.6 is 0 Å². The third-order valence-corrected chi connectivity index (χ3v) is 3.00. The maximum absolute atomic E-state index is 5.76. The van der Waals surface area contributed by atoms with Crippen LogP contribution in [0.3, 0.4) is 0 Å². The minimum absolute atomic E-state index is 0.599. The second-order valence-electron chi connectivity index (χ2n) is 4.33. The summed E-state index contributed by atoms with van der Waals surface area (Å²) < 4.78 is 5.32. The average molecular weight is 257 g/mol. The van der Waals surface area contributed by atoms with E-state index in [2.05, 4.69) is 11.4 Å². The van der Waals surface area contributed by atoms with Gasteiger partial charge in [0.1, 0.15) is 5.75 Å². The summed E-state index contributed by atoms with van der Waals surface area (Å²) in [6.07, 6.45) is 0.883. The lowest BCUT2D eigenvalue weighted by molar-refractivity contribution is 0.410. The Labute approximate surface area is 113 Å². The molecule has 0 radical (unpaired) electrons. The SMILES string of the molecule is COc1ccccc1CCNc1ccc(N)c(N)c1. The van der Waals surface area contributed by atoms with Crippen molar-refractivity contribution >= 4 is 17.1 Å². The first-order chi connectivity index (χ1) is 9.20. The third-order valence-electron chi connectivity index (χ3n) is 3.00. The van der Waals surface area contributed by atoms with Crippen molar-refractivity contribution in [2.45, 2.75) is 6.42 Å². The van der Waals surface area contributed by atoms with E-state index in [0.717, 1.165) is 24.4 Å². The molecule has 0 aliphatic rings. The van der Waals surface area contributed by atoms with Crippen LogP contribution in [0.2, 0.25) is 0 Å². The Kier molecular flexibility index (Phi) is 4.13. The summed E-state index contributed by atoms with van der Waals surface area (Å²) in [5.41, 5.74) is 14.8. The maximum atomic E-state index is 5.76. The Balaban J connectivity index is 1.94. The summed E-state index contributed by atoms with van der Waals surface area (Å²) in [6, 6.07) is 13.6. The third kappa shape index (κ3) is 3.31. The van der Waals surface area contributed by atoms with Gasteiger partial charge in [0.2, 0.25) is 0 Å². The molecule has 4 nitrogen and oxygen atoms in total. The number of nitrogens with one attached hydrogen (secondary N) is 1. The Bertz CT molecular complexity index is 555. The highest BCUT2D eigenvalue weighted by Crippen LogP contribution is 2.21. The molecule has 0 saturated heterocycles. The lowest BCUT2D eigenvalue weighted by atomic mass is 10.1. The van der Waals surface area contributed by atoms with E-state index in [1.807, 2.05) is 30.3 Å². The van der Waals surface area contributed by atoms with Crippen LogP contribution in [-0.2, 0) is 6.42 Å². The normalized spacial score (nSPS) is 10.2. The summed E-state index contributed by atoms with van der Waals surface area (Å²) in [5, 5.41) is 3.32. The number of rotatable bonds is 5. The Morgan fingerprint density at radius 2 is 1.84 bits per heavy atom. The smallest absolute Gasteiger partial charge is 0.122 e. The minimum Gasteiger partial charge on any atom is -0.496 e. The van der Waals surface area contributed by atoms with E-state index in [-0.39, 0.29) is 0 Å². The minimum atomic E-state index is 0.599. The first-order valence-electron chi connectivity index (χ1n) is 6.21. The highest BCUT2D eigenvalue weighted by Gasteiger charge is 2.01. The number of nitrogen functional groups attached to an aromatic ring is 2. The molecule has 0 bridgehead atoms. The van der Waals surface area contributed by atoms with E-state index in [9.17, 15) is 0 Å². The van der Waals surface area contributed by atoms with Gasteiger partial charge in [-0.05, 0) is 36.2 Å². The van der Waals surface area contributed by atoms with Crippen molar-refractivity contribution in [3.05, 3.63) is 48.0 Å². The van der Waals surface area contributed by atoms with Crippen LogP contribution in [-0.4, -0.2) is 13.7 Å². The summed E-state index contributed by atoms with van der Waals surface area (Å²) in [7, 11) is 1.69. The van der Waals surface area contributed by atoms with E-state index >= 15 is 0 Å². The summed E-state index contributed by atoms with van der Waals surface area (Å²) in [6.45, 7) is 0.809. The van der Waals surface area contributed by atoms with Crippen LogP contribution in [0.15, 0.2) is 42.5 Å². The number of ether oxygens (including phenoxy) is 1. The fourth-order valence-corrected chi connectivity index (χ4v) is 1.94. The van der Waals surface area contributed by atoms with Crippen LogP contribution in [0.5, 0.6) is 5.75 Å². The lowest BCUT2D eigenvalue weighted by Crippen LogP contribution is -2.06. The molecule has 0 amide bonds. The van der Waals surface area contributed by atoms with Crippen LogP contribution in [0.1, 0.15) is 5.56 Å². The number of hydrogen-bond donors (Lipinski definition) is 3.